The number of ether oxygens (including phenoxy) is 1. The predicted molar refractivity (Wildman–Crippen MR) is 59.4 cm³/mol. The summed E-state index contributed by atoms with van der Waals surface area (Å²) in [6, 6.07) is 7.61. The van der Waals surface area contributed by atoms with Crippen LogP contribution in [0.3, 0.4) is 0 Å². The van der Waals surface area contributed by atoms with Crippen LogP contribution >= 0.6 is 11.6 Å². The van der Waals surface area contributed by atoms with Crippen LogP contribution in [0.2, 0.25) is 5.02 Å². The van der Waals surface area contributed by atoms with Gasteiger partial charge in [0.05, 0.1) is 11.1 Å². The average molecular weight is 228 g/mol. The Morgan fingerprint density at radius 3 is 2.93 bits per heavy atom. The number of benzene rings is 1. The molecule has 1 aliphatic heterocycles. The number of aliphatic hydroxyl groups is 1. The highest BCUT2D eigenvalue weighted by Gasteiger charge is 2.22. The molecule has 1 saturated heterocycles. The molecule has 4 heteroatoms. The smallest absolute Gasteiger partial charge is 0.137 e. The summed E-state index contributed by atoms with van der Waals surface area (Å²) in [5.74, 6) is 0.697. The second-order valence-corrected chi connectivity index (χ2v) is 4.14. The van der Waals surface area contributed by atoms with Gasteiger partial charge in [0.15, 0.2) is 0 Å². The van der Waals surface area contributed by atoms with Gasteiger partial charge in [-0.15, -0.1) is 0 Å². The van der Waals surface area contributed by atoms with Crippen molar-refractivity contribution in [1.29, 1.82) is 0 Å². The zero-order chi connectivity index (χ0) is 10.7. The molecule has 1 heterocycles. The van der Waals surface area contributed by atoms with Crippen LogP contribution < -0.4 is 10.1 Å². The van der Waals surface area contributed by atoms with Crippen molar-refractivity contribution < 1.29 is 9.84 Å². The average Bonchev–Trinajstić information content (AvgIpc) is 2.63. The Bertz CT molecular complexity index is 332. The fourth-order valence-electron chi connectivity index (χ4n) is 1.68. The normalized spacial score (nSPS) is 25.5. The van der Waals surface area contributed by atoms with E-state index in [0.717, 1.165) is 6.42 Å². The van der Waals surface area contributed by atoms with E-state index in [1.54, 1.807) is 6.07 Å². The molecule has 0 aliphatic carbocycles. The molecule has 0 unspecified atom stereocenters. The van der Waals surface area contributed by atoms with E-state index < -0.39 is 0 Å². The highest BCUT2D eigenvalue weighted by atomic mass is 35.5. The van der Waals surface area contributed by atoms with Crippen LogP contribution in [0.25, 0.3) is 0 Å². The number of aliphatic hydroxyl groups excluding tert-OH is 1. The Balaban J connectivity index is 1.86. The first-order chi connectivity index (χ1) is 7.25. The lowest BCUT2D eigenvalue weighted by Gasteiger charge is -2.12. The molecule has 1 aliphatic rings. The number of hydrogen-bond acceptors (Lipinski definition) is 3. The molecule has 0 bridgehead atoms. The van der Waals surface area contributed by atoms with Crippen LogP contribution in [-0.4, -0.2) is 30.4 Å². The highest BCUT2D eigenvalue weighted by Crippen LogP contribution is 2.23. The first-order valence-corrected chi connectivity index (χ1v) is 5.42. The SMILES string of the molecule is O[C@@H]1CN[C@@H](COc2ccccc2Cl)C1. The van der Waals surface area contributed by atoms with Gasteiger partial charge in [-0.05, 0) is 18.6 Å². The topological polar surface area (TPSA) is 41.5 Å². The minimum atomic E-state index is -0.246. The molecule has 0 amide bonds. The number of hydrogen-bond donors (Lipinski definition) is 2. The maximum absolute atomic E-state index is 9.31. The first-order valence-electron chi connectivity index (χ1n) is 5.04. The van der Waals surface area contributed by atoms with Gasteiger partial charge in [0.25, 0.3) is 0 Å². The van der Waals surface area contributed by atoms with Crippen LogP contribution in [0.15, 0.2) is 24.3 Å². The molecule has 0 saturated carbocycles. The van der Waals surface area contributed by atoms with Crippen molar-refractivity contribution >= 4 is 11.6 Å². The van der Waals surface area contributed by atoms with Crippen LogP contribution in [0.1, 0.15) is 6.42 Å². The number of rotatable bonds is 3. The minimum absolute atomic E-state index is 0.219. The maximum atomic E-state index is 9.31. The molecule has 82 valence electrons. The zero-order valence-corrected chi connectivity index (χ0v) is 9.07. The quantitative estimate of drug-likeness (QED) is 0.821. The summed E-state index contributed by atoms with van der Waals surface area (Å²) in [5.41, 5.74) is 0. The van der Waals surface area contributed by atoms with Gasteiger partial charge in [-0.3, -0.25) is 0 Å². The Morgan fingerprint density at radius 1 is 1.47 bits per heavy atom. The van der Waals surface area contributed by atoms with Gasteiger partial charge in [-0.1, -0.05) is 23.7 Å². The molecule has 2 N–H and O–H groups in total. The number of para-hydroxylation sites is 1. The molecule has 15 heavy (non-hydrogen) atoms. The molecule has 1 aromatic rings. The monoisotopic (exact) mass is 227 g/mol. The second kappa shape index (κ2) is 4.84. The fourth-order valence-corrected chi connectivity index (χ4v) is 1.87. The molecule has 0 spiro atoms. The van der Waals surface area contributed by atoms with E-state index in [0.29, 0.717) is 23.9 Å². The van der Waals surface area contributed by atoms with Crippen molar-refractivity contribution in [2.75, 3.05) is 13.2 Å². The third-order valence-corrected chi connectivity index (χ3v) is 2.79. The van der Waals surface area contributed by atoms with E-state index in [2.05, 4.69) is 5.32 Å². The molecular weight excluding hydrogens is 214 g/mol. The van der Waals surface area contributed by atoms with Crippen molar-refractivity contribution in [3.8, 4) is 5.75 Å². The second-order valence-electron chi connectivity index (χ2n) is 3.74. The number of halogens is 1. The lowest BCUT2D eigenvalue weighted by atomic mass is 10.2. The molecular formula is C11H14ClNO2. The van der Waals surface area contributed by atoms with Crippen molar-refractivity contribution in [2.24, 2.45) is 0 Å². The van der Waals surface area contributed by atoms with E-state index >= 15 is 0 Å². The first kappa shape index (κ1) is 10.7. The zero-order valence-electron chi connectivity index (χ0n) is 8.32. The fraction of sp³-hybridized carbons (Fsp3) is 0.455. The van der Waals surface area contributed by atoms with Crippen LogP contribution in [-0.2, 0) is 0 Å². The van der Waals surface area contributed by atoms with Crippen molar-refractivity contribution in [3.05, 3.63) is 29.3 Å². The molecule has 2 atom stereocenters. The summed E-state index contributed by atoms with van der Waals surface area (Å²) in [6.45, 7) is 1.19. The molecule has 1 fully saturated rings. The Morgan fingerprint density at radius 2 is 2.27 bits per heavy atom. The standard InChI is InChI=1S/C11H14ClNO2/c12-10-3-1-2-4-11(10)15-7-8-5-9(14)6-13-8/h1-4,8-9,13-14H,5-7H2/t8-,9+/m1/s1. The Kier molecular flexibility index (Phi) is 3.46. The van der Waals surface area contributed by atoms with Gasteiger partial charge in [0.2, 0.25) is 0 Å². The summed E-state index contributed by atoms with van der Waals surface area (Å²) in [6.07, 6.45) is 0.495. The summed E-state index contributed by atoms with van der Waals surface area (Å²) < 4.78 is 5.56. The third-order valence-electron chi connectivity index (χ3n) is 2.48. The Labute approximate surface area is 94.0 Å². The number of nitrogens with one attached hydrogen (secondary N) is 1. The van der Waals surface area contributed by atoms with E-state index in [-0.39, 0.29) is 12.1 Å². The number of β-amino-alcohol motifs (C(OH)–C–C–N with tert-alkyl or cyclic N) is 1. The summed E-state index contributed by atoms with van der Waals surface area (Å²) >= 11 is 5.94. The van der Waals surface area contributed by atoms with Crippen molar-refractivity contribution in [3.63, 3.8) is 0 Å². The maximum Gasteiger partial charge on any atom is 0.137 e. The third kappa shape index (κ3) is 2.84. The van der Waals surface area contributed by atoms with Crippen LogP contribution in [0.5, 0.6) is 5.75 Å². The van der Waals surface area contributed by atoms with Gasteiger partial charge in [-0.25, -0.2) is 0 Å². The van der Waals surface area contributed by atoms with Crippen molar-refractivity contribution in [1.82, 2.24) is 5.32 Å². The highest BCUT2D eigenvalue weighted by molar-refractivity contribution is 6.32. The molecule has 2 rings (SSSR count). The van der Waals surface area contributed by atoms with E-state index in [9.17, 15) is 5.11 Å². The summed E-state index contributed by atoms with van der Waals surface area (Å²) in [4.78, 5) is 0. The van der Waals surface area contributed by atoms with Gasteiger partial charge in [0.1, 0.15) is 12.4 Å². The molecule has 0 radical (unpaired) electrons. The minimum Gasteiger partial charge on any atom is -0.490 e. The lowest BCUT2D eigenvalue weighted by Crippen LogP contribution is -2.28. The largest absolute Gasteiger partial charge is 0.490 e. The molecule has 3 nitrogen and oxygen atoms in total. The molecule has 1 aromatic carbocycles. The van der Waals surface area contributed by atoms with Crippen LogP contribution in [0.4, 0.5) is 0 Å². The Hall–Kier alpha value is -0.770. The van der Waals surface area contributed by atoms with E-state index in [1.165, 1.54) is 0 Å². The summed E-state index contributed by atoms with van der Waals surface area (Å²) in [5, 5.41) is 13.1. The van der Waals surface area contributed by atoms with Gasteiger partial charge in [-0.2, -0.15) is 0 Å². The predicted octanol–water partition coefficient (Wildman–Crippen LogP) is 1.44. The molecule has 0 aromatic heterocycles. The van der Waals surface area contributed by atoms with Crippen molar-refractivity contribution in [2.45, 2.75) is 18.6 Å². The van der Waals surface area contributed by atoms with Crippen LogP contribution in [0, 0.1) is 0 Å². The van der Waals surface area contributed by atoms with E-state index in [1.807, 2.05) is 18.2 Å². The van der Waals surface area contributed by atoms with E-state index in [4.69, 9.17) is 16.3 Å². The summed E-state index contributed by atoms with van der Waals surface area (Å²) in [7, 11) is 0. The van der Waals surface area contributed by atoms with Gasteiger partial charge >= 0.3 is 0 Å². The lowest BCUT2D eigenvalue weighted by molar-refractivity contribution is 0.187. The van der Waals surface area contributed by atoms with Gasteiger partial charge < -0.3 is 15.2 Å². The van der Waals surface area contributed by atoms with Gasteiger partial charge in [0, 0.05) is 12.6 Å².